The first-order valence-corrected chi connectivity index (χ1v) is 12.3. The smallest absolute Gasteiger partial charge is 0.216 e. The summed E-state index contributed by atoms with van der Waals surface area (Å²) >= 11 is 0. The number of nitrogens with zero attached hydrogens (tertiary/aromatic N) is 1. The number of aryl methyl sites for hydroxylation is 2. The molecule has 6 rings (SSSR count). The van der Waals surface area contributed by atoms with Crippen LogP contribution in [-0.4, -0.2) is 0 Å². The fraction of sp³-hybridized carbons (Fsp3) is 0.258. The number of rotatable bonds is 3. The van der Waals surface area contributed by atoms with E-state index < -0.39 is 0 Å². The maximum atomic E-state index is 15.9. The van der Waals surface area contributed by atoms with E-state index in [1.165, 1.54) is 37.7 Å². The molecular weight excluding hydrogens is 421 g/mol. The second-order valence-corrected chi connectivity index (χ2v) is 9.69. The van der Waals surface area contributed by atoms with E-state index in [9.17, 15) is 0 Å². The minimum Gasteiger partial charge on any atom is -0.452 e. The standard InChI is InChI=1S/C31H29FNO/c1-20-11-16-25-26-18-17-24(23-14-12-22(13-15-23)21-8-4-3-5-9-21)29(32)31(26)34-30(25)28(20)27-10-6-7-19-33(27)2/h6-7,10-19,21H,3-5,8-9H2,1-2H3/q+1. The van der Waals surface area contributed by atoms with E-state index in [0.717, 1.165) is 38.7 Å². The van der Waals surface area contributed by atoms with Gasteiger partial charge in [-0.1, -0.05) is 61.7 Å². The van der Waals surface area contributed by atoms with Gasteiger partial charge in [0, 0.05) is 28.5 Å². The average Bonchev–Trinajstić information content (AvgIpc) is 3.25. The van der Waals surface area contributed by atoms with Crippen molar-refractivity contribution < 1.29 is 13.4 Å². The molecule has 1 fully saturated rings. The number of hydrogen-bond donors (Lipinski definition) is 0. The van der Waals surface area contributed by atoms with Gasteiger partial charge in [-0.2, -0.15) is 0 Å². The van der Waals surface area contributed by atoms with Crippen molar-refractivity contribution in [2.75, 3.05) is 0 Å². The van der Waals surface area contributed by atoms with Crippen molar-refractivity contribution in [3.63, 3.8) is 0 Å². The largest absolute Gasteiger partial charge is 0.452 e. The summed E-state index contributed by atoms with van der Waals surface area (Å²) in [5.41, 5.74) is 7.08. The van der Waals surface area contributed by atoms with E-state index in [0.29, 0.717) is 17.1 Å². The third kappa shape index (κ3) is 3.42. The number of hydrogen-bond acceptors (Lipinski definition) is 1. The minimum atomic E-state index is -0.292. The van der Waals surface area contributed by atoms with Gasteiger partial charge in [-0.25, -0.2) is 8.96 Å². The summed E-state index contributed by atoms with van der Waals surface area (Å²) in [4.78, 5) is 0. The molecule has 0 radical (unpaired) electrons. The van der Waals surface area contributed by atoms with E-state index in [4.69, 9.17) is 4.42 Å². The van der Waals surface area contributed by atoms with Crippen molar-refractivity contribution in [1.82, 2.24) is 0 Å². The first-order valence-electron chi connectivity index (χ1n) is 12.3. The van der Waals surface area contributed by atoms with Crippen LogP contribution in [0.4, 0.5) is 4.39 Å². The van der Waals surface area contributed by atoms with Gasteiger partial charge in [-0.3, -0.25) is 0 Å². The summed E-state index contributed by atoms with van der Waals surface area (Å²) in [7, 11) is 2.02. The quantitative estimate of drug-likeness (QED) is 0.253. The van der Waals surface area contributed by atoms with Crippen LogP contribution in [0.15, 0.2) is 77.3 Å². The normalized spacial score (nSPS) is 14.8. The summed E-state index contributed by atoms with van der Waals surface area (Å²) in [6.07, 6.45) is 8.52. The van der Waals surface area contributed by atoms with E-state index in [1.54, 1.807) is 0 Å². The van der Waals surface area contributed by atoms with Crippen LogP contribution in [0.1, 0.15) is 49.1 Å². The number of furan rings is 1. The molecule has 0 spiro atoms. The Morgan fingerprint density at radius 1 is 0.824 bits per heavy atom. The highest BCUT2D eigenvalue weighted by Crippen LogP contribution is 2.40. The molecule has 170 valence electrons. The van der Waals surface area contributed by atoms with Gasteiger partial charge in [0.2, 0.25) is 5.69 Å². The van der Waals surface area contributed by atoms with Crippen LogP contribution in [0, 0.1) is 12.7 Å². The molecule has 0 unspecified atom stereocenters. The Bertz CT molecular complexity index is 1510. The Morgan fingerprint density at radius 2 is 1.56 bits per heavy atom. The Hall–Kier alpha value is -3.46. The van der Waals surface area contributed by atoms with Gasteiger partial charge in [0.1, 0.15) is 12.6 Å². The van der Waals surface area contributed by atoms with Gasteiger partial charge in [-0.05, 0) is 54.5 Å². The third-order valence-electron chi connectivity index (χ3n) is 7.57. The van der Waals surface area contributed by atoms with E-state index in [-0.39, 0.29) is 5.82 Å². The second-order valence-electron chi connectivity index (χ2n) is 9.69. The molecule has 2 nitrogen and oxygen atoms in total. The van der Waals surface area contributed by atoms with Gasteiger partial charge in [-0.15, -0.1) is 0 Å². The molecule has 1 saturated carbocycles. The molecule has 2 heterocycles. The Morgan fingerprint density at radius 3 is 2.32 bits per heavy atom. The minimum absolute atomic E-state index is 0.292. The first-order chi connectivity index (χ1) is 16.6. The van der Waals surface area contributed by atoms with Crippen molar-refractivity contribution in [3.05, 3.63) is 89.9 Å². The third-order valence-corrected chi connectivity index (χ3v) is 7.57. The maximum Gasteiger partial charge on any atom is 0.216 e. The highest BCUT2D eigenvalue weighted by molar-refractivity contribution is 6.10. The van der Waals surface area contributed by atoms with Crippen LogP contribution in [0.3, 0.4) is 0 Å². The van der Waals surface area contributed by atoms with Crippen LogP contribution in [0.5, 0.6) is 0 Å². The lowest BCUT2D eigenvalue weighted by Crippen LogP contribution is -2.30. The van der Waals surface area contributed by atoms with Crippen LogP contribution in [0.25, 0.3) is 44.3 Å². The van der Waals surface area contributed by atoms with Crippen molar-refractivity contribution in [2.24, 2.45) is 7.05 Å². The van der Waals surface area contributed by atoms with Gasteiger partial charge < -0.3 is 4.42 Å². The van der Waals surface area contributed by atoms with Crippen LogP contribution >= 0.6 is 0 Å². The monoisotopic (exact) mass is 450 g/mol. The predicted octanol–water partition coefficient (Wildman–Crippen LogP) is 8.24. The number of halogens is 1. The van der Waals surface area contributed by atoms with Crippen LogP contribution in [-0.2, 0) is 7.05 Å². The van der Waals surface area contributed by atoms with Crippen molar-refractivity contribution >= 4 is 21.9 Å². The molecule has 0 bridgehead atoms. The van der Waals surface area contributed by atoms with Crippen molar-refractivity contribution in [2.45, 2.75) is 44.9 Å². The highest BCUT2D eigenvalue weighted by Gasteiger charge is 2.23. The fourth-order valence-corrected chi connectivity index (χ4v) is 5.66. The van der Waals surface area contributed by atoms with Crippen molar-refractivity contribution in [3.8, 4) is 22.4 Å². The zero-order chi connectivity index (χ0) is 23.2. The Kier molecular flexibility index (Phi) is 5.21. The summed E-state index contributed by atoms with van der Waals surface area (Å²) < 4.78 is 24.2. The lowest BCUT2D eigenvalue weighted by Gasteiger charge is -2.22. The lowest BCUT2D eigenvalue weighted by atomic mass is 9.83. The Balaban J connectivity index is 1.47. The average molecular weight is 451 g/mol. The molecule has 2 aromatic heterocycles. The topological polar surface area (TPSA) is 17.0 Å². The molecular formula is C31H29FNO+. The summed E-state index contributed by atoms with van der Waals surface area (Å²) in [5, 5.41) is 1.76. The molecule has 0 aliphatic heterocycles. The number of fused-ring (bicyclic) bond motifs is 3. The molecule has 5 aromatic rings. The zero-order valence-electron chi connectivity index (χ0n) is 19.8. The number of aromatic nitrogens is 1. The van der Waals surface area contributed by atoms with E-state index in [2.05, 4.69) is 47.9 Å². The van der Waals surface area contributed by atoms with Gasteiger partial charge in [0.15, 0.2) is 17.6 Å². The molecule has 1 aliphatic carbocycles. The molecule has 0 atom stereocenters. The summed E-state index contributed by atoms with van der Waals surface area (Å²) in [5.74, 6) is 0.353. The maximum absolute atomic E-state index is 15.9. The van der Waals surface area contributed by atoms with Crippen LogP contribution < -0.4 is 4.57 Å². The predicted molar refractivity (Wildman–Crippen MR) is 136 cm³/mol. The Labute approximate surface area is 199 Å². The SMILES string of the molecule is Cc1ccc2c(oc3c(F)c(-c4ccc(C5CCCCC5)cc4)ccc32)c1-c1cccc[n+]1C. The lowest BCUT2D eigenvalue weighted by molar-refractivity contribution is -0.660. The van der Waals surface area contributed by atoms with E-state index in [1.807, 2.05) is 43.6 Å². The molecule has 3 aromatic carbocycles. The first kappa shape index (κ1) is 21.1. The van der Waals surface area contributed by atoms with Gasteiger partial charge in [0.25, 0.3) is 0 Å². The zero-order valence-corrected chi connectivity index (χ0v) is 19.8. The summed E-state index contributed by atoms with van der Waals surface area (Å²) in [6.45, 7) is 2.07. The van der Waals surface area contributed by atoms with E-state index >= 15 is 4.39 Å². The molecule has 0 saturated heterocycles. The van der Waals surface area contributed by atoms with Crippen molar-refractivity contribution in [1.29, 1.82) is 0 Å². The van der Waals surface area contributed by atoms with Crippen LogP contribution in [0.2, 0.25) is 0 Å². The molecule has 3 heteroatoms. The highest BCUT2D eigenvalue weighted by atomic mass is 19.1. The fourth-order valence-electron chi connectivity index (χ4n) is 5.66. The molecule has 1 aliphatic rings. The summed E-state index contributed by atoms with van der Waals surface area (Å²) in [6, 6.07) is 22.6. The number of pyridine rings is 1. The molecule has 34 heavy (non-hydrogen) atoms. The van der Waals surface area contributed by atoms with Gasteiger partial charge >= 0.3 is 0 Å². The molecule has 0 amide bonds. The second kappa shape index (κ2) is 8.39. The number of benzene rings is 3. The van der Waals surface area contributed by atoms with Gasteiger partial charge in [0.05, 0.1) is 5.56 Å². The molecule has 0 N–H and O–H groups in total.